The van der Waals surface area contributed by atoms with E-state index in [0.717, 1.165) is 23.6 Å². The van der Waals surface area contributed by atoms with E-state index in [0.29, 0.717) is 0 Å². The number of pyridine rings is 1. The highest BCUT2D eigenvalue weighted by atomic mass is 16.3. The summed E-state index contributed by atoms with van der Waals surface area (Å²) in [5.41, 5.74) is 2.01. The number of fused-ring (bicyclic) bond motifs is 1. The van der Waals surface area contributed by atoms with Crippen molar-refractivity contribution in [2.24, 2.45) is 0 Å². The Morgan fingerprint density at radius 1 is 1.05 bits per heavy atom. The van der Waals surface area contributed by atoms with E-state index in [4.69, 9.17) is 0 Å². The summed E-state index contributed by atoms with van der Waals surface area (Å²) in [6.45, 7) is 2.95. The number of hydrogen-bond acceptors (Lipinski definition) is 3. The predicted molar refractivity (Wildman–Crippen MR) is 86.8 cm³/mol. The van der Waals surface area contributed by atoms with Crippen LogP contribution in [0.15, 0.2) is 60.8 Å². The van der Waals surface area contributed by atoms with Crippen molar-refractivity contribution < 1.29 is 5.11 Å². The monoisotopic (exact) mass is 278 g/mol. The number of nitrogens with zero attached hydrogens (tertiary/aromatic N) is 2. The van der Waals surface area contributed by atoms with Gasteiger partial charge in [0.15, 0.2) is 0 Å². The summed E-state index contributed by atoms with van der Waals surface area (Å²) < 4.78 is 0. The number of rotatable bonds is 4. The minimum atomic E-state index is 0.0304. The quantitative estimate of drug-likeness (QED) is 0.786. The van der Waals surface area contributed by atoms with Crippen LogP contribution >= 0.6 is 0 Å². The lowest BCUT2D eigenvalue weighted by Gasteiger charge is -2.24. The van der Waals surface area contributed by atoms with Gasteiger partial charge in [-0.05, 0) is 36.1 Å². The maximum Gasteiger partial charge on any atom is 0.133 e. The van der Waals surface area contributed by atoms with Gasteiger partial charge in [-0.2, -0.15) is 0 Å². The molecule has 0 spiro atoms. The first-order valence-electron chi connectivity index (χ1n) is 7.14. The molecular weight excluding hydrogens is 260 g/mol. The lowest BCUT2D eigenvalue weighted by atomic mass is 10.1. The van der Waals surface area contributed by atoms with Crippen LogP contribution in [0, 0.1) is 0 Å². The van der Waals surface area contributed by atoms with Gasteiger partial charge in [0.05, 0.1) is 12.3 Å². The minimum Gasteiger partial charge on any atom is -0.392 e. The number of aromatic nitrogens is 1. The number of aliphatic hydroxyl groups excluding tert-OH is 1. The SMILES string of the molecule is CCN(c1cc(CO)ccn1)c1cccc2ccccc12. The van der Waals surface area contributed by atoms with E-state index in [9.17, 15) is 5.11 Å². The van der Waals surface area contributed by atoms with Crippen LogP contribution in [0.4, 0.5) is 11.5 Å². The van der Waals surface area contributed by atoms with Gasteiger partial charge >= 0.3 is 0 Å². The van der Waals surface area contributed by atoms with Crippen LogP contribution in [0.25, 0.3) is 10.8 Å². The Balaban J connectivity index is 2.13. The van der Waals surface area contributed by atoms with Crippen molar-refractivity contribution in [2.75, 3.05) is 11.4 Å². The summed E-state index contributed by atoms with van der Waals surface area (Å²) in [5.74, 6) is 0.861. The van der Waals surface area contributed by atoms with E-state index < -0.39 is 0 Å². The molecule has 1 N–H and O–H groups in total. The average molecular weight is 278 g/mol. The van der Waals surface area contributed by atoms with Crippen LogP contribution in [-0.4, -0.2) is 16.6 Å². The van der Waals surface area contributed by atoms with Gasteiger partial charge in [-0.15, -0.1) is 0 Å². The van der Waals surface area contributed by atoms with Gasteiger partial charge in [0.25, 0.3) is 0 Å². The third-order valence-electron chi connectivity index (χ3n) is 3.64. The van der Waals surface area contributed by atoms with Crippen LogP contribution in [0.5, 0.6) is 0 Å². The summed E-state index contributed by atoms with van der Waals surface area (Å²) in [6, 6.07) is 18.4. The number of benzene rings is 2. The molecule has 0 unspecified atom stereocenters. The molecule has 0 aliphatic carbocycles. The fourth-order valence-electron chi connectivity index (χ4n) is 2.61. The van der Waals surface area contributed by atoms with Gasteiger partial charge in [0.2, 0.25) is 0 Å². The molecule has 3 nitrogen and oxygen atoms in total. The largest absolute Gasteiger partial charge is 0.392 e. The molecule has 0 atom stereocenters. The van der Waals surface area contributed by atoms with Gasteiger partial charge in [0.1, 0.15) is 5.82 Å². The zero-order valence-corrected chi connectivity index (χ0v) is 12.0. The topological polar surface area (TPSA) is 36.4 Å². The Labute approximate surface area is 124 Å². The fraction of sp³-hybridized carbons (Fsp3) is 0.167. The molecule has 0 amide bonds. The molecule has 21 heavy (non-hydrogen) atoms. The summed E-state index contributed by atoms with van der Waals surface area (Å²) in [5, 5.41) is 11.7. The molecule has 1 heterocycles. The maximum atomic E-state index is 9.31. The Bertz CT molecular complexity index is 750. The summed E-state index contributed by atoms with van der Waals surface area (Å²) in [6.07, 6.45) is 1.74. The lowest BCUT2D eigenvalue weighted by molar-refractivity contribution is 0.282. The molecule has 0 aliphatic rings. The van der Waals surface area contributed by atoms with Crippen molar-refractivity contribution in [1.29, 1.82) is 0 Å². The van der Waals surface area contributed by atoms with Crippen molar-refractivity contribution >= 4 is 22.3 Å². The molecule has 0 bridgehead atoms. The highest BCUT2D eigenvalue weighted by molar-refractivity contribution is 5.95. The van der Waals surface area contributed by atoms with Gasteiger partial charge < -0.3 is 10.0 Å². The van der Waals surface area contributed by atoms with Crippen molar-refractivity contribution in [1.82, 2.24) is 4.98 Å². The van der Waals surface area contributed by atoms with Crippen molar-refractivity contribution in [2.45, 2.75) is 13.5 Å². The van der Waals surface area contributed by atoms with Crippen LogP contribution in [0.1, 0.15) is 12.5 Å². The summed E-state index contributed by atoms with van der Waals surface area (Å²) in [4.78, 5) is 6.62. The number of aliphatic hydroxyl groups is 1. The van der Waals surface area contributed by atoms with Gasteiger partial charge in [-0.3, -0.25) is 0 Å². The zero-order chi connectivity index (χ0) is 14.7. The third kappa shape index (κ3) is 2.60. The standard InChI is InChI=1S/C18H18N2O/c1-2-20(18-12-14(13-21)10-11-19-18)17-9-5-7-15-6-3-4-8-16(15)17/h3-12,21H,2,13H2,1H3. The highest BCUT2D eigenvalue weighted by Gasteiger charge is 2.12. The molecule has 0 radical (unpaired) electrons. The van der Waals surface area contributed by atoms with E-state index in [2.05, 4.69) is 53.2 Å². The molecule has 3 aromatic rings. The minimum absolute atomic E-state index is 0.0304. The average Bonchev–Trinajstić information content (AvgIpc) is 2.56. The molecule has 3 heteroatoms. The second-order valence-electron chi connectivity index (χ2n) is 4.92. The van der Waals surface area contributed by atoms with Crippen LogP contribution in [0.3, 0.4) is 0 Å². The molecule has 3 rings (SSSR count). The van der Waals surface area contributed by atoms with E-state index in [1.165, 1.54) is 10.8 Å². The Morgan fingerprint density at radius 2 is 1.86 bits per heavy atom. The second-order valence-corrected chi connectivity index (χ2v) is 4.92. The molecule has 106 valence electrons. The van der Waals surface area contributed by atoms with Crippen molar-refractivity contribution in [3.8, 4) is 0 Å². The molecule has 0 saturated heterocycles. The van der Waals surface area contributed by atoms with Gasteiger partial charge in [-0.1, -0.05) is 36.4 Å². The number of hydrogen-bond donors (Lipinski definition) is 1. The second kappa shape index (κ2) is 5.94. The molecular formula is C18H18N2O. The normalized spacial score (nSPS) is 10.8. The Kier molecular flexibility index (Phi) is 3.84. The third-order valence-corrected chi connectivity index (χ3v) is 3.64. The first-order valence-corrected chi connectivity index (χ1v) is 7.14. The summed E-state index contributed by atoms with van der Waals surface area (Å²) >= 11 is 0. The van der Waals surface area contributed by atoms with E-state index >= 15 is 0 Å². The first-order chi connectivity index (χ1) is 10.3. The molecule has 0 fully saturated rings. The van der Waals surface area contributed by atoms with Crippen LogP contribution in [-0.2, 0) is 6.61 Å². The lowest BCUT2D eigenvalue weighted by Crippen LogP contribution is -2.17. The molecule has 0 aliphatic heterocycles. The predicted octanol–water partition coefficient (Wildman–Crippen LogP) is 3.89. The zero-order valence-electron chi connectivity index (χ0n) is 12.0. The van der Waals surface area contributed by atoms with E-state index in [-0.39, 0.29) is 6.61 Å². The summed E-state index contributed by atoms with van der Waals surface area (Å²) in [7, 11) is 0. The number of anilines is 2. The van der Waals surface area contributed by atoms with Crippen LogP contribution < -0.4 is 4.90 Å². The highest BCUT2D eigenvalue weighted by Crippen LogP contribution is 2.31. The fourth-order valence-corrected chi connectivity index (χ4v) is 2.61. The Morgan fingerprint density at radius 3 is 2.67 bits per heavy atom. The van der Waals surface area contributed by atoms with Gasteiger partial charge in [0, 0.05) is 18.1 Å². The van der Waals surface area contributed by atoms with Crippen molar-refractivity contribution in [3.63, 3.8) is 0 Å². The van der Waals surface area contributed by atoms with E-state index in [1.807, 2.05) is 18.2 Å². The maximum absolute atomic E-state index is 9.31. The molecule has 1 aromatic heterocycles. The van der Waals surface area contributed by atoms with Crippen LogP contribution in [0.2, 0.25) is 0 Å². The molecule has 0 saturated carbocycles. The molecule has 2 aromatic carbocycles. The van der Waals surface area contributed by atoms with Crippen molar-refractivity contribution in [3.05, 3.63) is 66.4 Å². The smallest absolute Gasteiger partial charge is 0.133 e. The van der Waals surface area contributed by atoms with E-state index in [1.54, 1.807) is 6.20 Å². The van der Waals surface area contributed by atoms with Gasteiger partial charge in [-0.25, -0.2) is 4.98 Å². The Hall–Kier alpha value is -2.39. The first kappa shape index (κ1) is 13.6.